The molecule has 9 heteroatoms. The van der Waals surface area contributed by atoms with E-state index in [1.807, 2.05) is 31.5 Å². The number of aromatic nitrogens is 1. The van der Waals surface area contributed by atoms with Gasteiger partial charge in [0.15, 0.2) is 5.96 Å². The van der Waals surface area contributed by atoms with E-state index in [2.05, 4.69) is 24.9 Å². The number of nitrogens with one attached hydrogen (secondary N) is 3. The first-order chi connectivity index (χ1) is 10.1. The highest BCUT2D eigenvalue weighted by molar-refractivity contribution is 14.0. The van der Waals surface area contributed by atoms with Crippen molar-refractivity contribution in [3.05, 3.63) is 24.5 Å². The molecular weight excluding hydrogens is 417 g/mol. The maximum atomic E-state index is 11.3. The quantitative estimate of drug-likeness (QED) is 0.226. The molecule has 22 heavy (non-hydrogen) atoms. The minimum atomic E-state index is -3.14. The van der Waals surface area contributed by atoms with Crippen LogP contribution in [0.25, 0.3) is 0 Å². The van der Waals surface area contributed by atoms with Gasteiger partial charge in [0.2, 0.25) is 10.0 Å². The summed E-state index contributed by atoms with van der Waals surface area (Å²) in [5, 5.41) is 6.34. The highest BCUT2D eigenvalue weighted by Crippen LogP contribution is 1.88. The van der Waals surface area contributed by atoms with Gasteiger partial charge >= 0.3 is 0 Å². The molecular formula is C13H26IN5O2S. The molecule has 0 aliphatic carbocycles. The SMILES string of the molecule is CCNC(=NCCNS(=O)(=O)CC)NCCn1cccc1.I. The Kier molecular flexibility index (Phi) is 11.3. The number of hydrogen-bond donors (Lipinski definition) is 3. The molecule has 0 radical (unpaired) electrons. The largest absolute Gasteiger partial charge is 0.357 e. The Morgan fingerprint density at radius 1 is 1.14 bits per heavy atom. The molecule has 0 atom stereocenters. The topological polar surface area (TPSA) is 87.5 Å². The Hall–Kier alpha value is -0.810. The summed E-state index contributed by atoms with van der Waals surface area (Å²) in [6, 6.07) is 3.97. The van der Waals surface area contributed by atoms with Crippen LogP contribution < -0.4 is 15.4 Å². The summed E-state index contributed by atoms with van der Waals surface area (Å²) in [6.07, 6.45) is 4.01. The first kappa shape index (κ1) is 21.2. The summed E-state index contributed by atoms with van der Waals surface area (Å²) in [6.45, 7) is 6.67. The van der Waals surface area contributed by atoms with Crippen LogP contribution in [-0.4, -0.2) is 50.9 Å². The lowest BCUT2D eigenvalue weighted by Gasteiger charge is -2.11. The van der Waals surface area contributed by atoms with E-state index < -0.39 is 10.0 Å². The van der Waals surface area contributed by atoms with Crippen LogP contribution >= 0.6 is 24.0 Å². The van der Waals surface area contributed by atoms with Crippen LogP contribution in [0.2, 0.25) is 0 Å². The van der Waals surface area contributed by atoms with Gasteiger partial charge in [-0.1, -0.05) is 0 Å². The van der Waals surface area contributed by atoms with E-state index in [0.717, 1.165) is 19.6 Å². The number of sulfonamides is 1. The molecule has 0 aliphatic heterocycles. The van der Waals surface area contributed by atoms with Crippen LogP contribution in [0.15, 0.2) is 29.5 Å². The lowest BCUT2D eigenvalue weighted by molar-refractivity contribution is 0.583. The Balaban J connectivity index is 0.00000441. The molecule has 1 aromatic heterocycles. The maximum Gasteiger partial charge on any atom is 0.211 e. The van der Waals surface area contributed by atoms with Gasteiger partial charge in [-0.05, 0) is 26.0 Å². The fourth-order valence-corrected chi connectivity index (χ4v) is 2.24. The molecule has 0 fully saturated rings. The molecule has 0 aromatic carbocycles. The third kappa shape index (κ3) is 9.26. The minimum absolute atomic E-state index is 0. The van der Waals surface area contributed by atoms with E-state index in [0.29, 0.717) is 19.0 Å². The molecule has 0 saturated carbocycles. The minimum Gasteiger partial charge on any atom is -0.357 e. The van der Waals surface area contributed by atoms with E-state index in [4.69, 9.17) is 0 Å². The number of nitrogens with zero attached hydrogens (tertiary/aromatic N) is 2. The Bertz CT molecular complexity index is 517. The summed E-state index contributed by atoms with van der Waals surface area (Å²) < 4.78 is 27.1. The molecule has 3 N–H and O–H groups in total. The molecule has 1 aromatic rings. The van der Waals surface area contributed by atoms with Crippen molar-refractivity contribution in [3.8, 4) is 0 Å². The van der Waals surface area contributed by atoms with Crippen molar-refractivity contribution in [3.63, 3.8) is 0 Å². The van der Waals surface area contributed by atoms with Crippen molar-refractivity contribution in [1.29, 1.82) is 0 Å². The zero-order valence-electron chi connectivity index (χ0n) is 13.1. The van der Waals surface area contributed by atoms with Crippen molar-refractivity contribution in [2.75, 3.05) is 31.9 Å². The Labute approximate surface area is 150 Å². The second-order valence-corrected chi connectivity index (χ2v) is 6.50. The molecule has 128 valence electrons. The molecule has 0 bridgehead atoms. The van der Waals surface area contributed by atoms with E-state index in [1.165, 1.54) is 0 Å². The first-order valence-electron chi connectivity index (χ1n) is 7.17. The summed E-state index contributed by atoms with van der Waals surface area (Å²) in [7, 11) is -3.14. The van der Waals surface area contributed by atoms with Crippen molar-refractivity contribution in [1.82, 2.24) is 19.9 Å². The smallest absolute Gasteiger partial charge is 0.211 e. The van der Waals surface area contributed by atoms with Gasteiger partial charge in [-0.3, -0.25) is 4.99 Å². The third-order valence-electron chi connectivity index (χ3n) is 2.76. The number of rotatable bonds is 9. The first-order valence-corrected chi connectivity index (χ1v) is 8.83. The van der Waals surface area contributed by atoms with Gasteiger partial charge in [-0.15, -0.1) is 24.0 Å². The van der Waals surface area contributed by atoms with Crippen LogP contribution in [0.5, 0.6) is 0 Å². The number of aliphatic imine (C=N–C) groups is 1. The molecule has 0 saturated heterocycles. The summed E-state index contributed by atoms with van der Waals surface area (Å²) in [5.41, 5.74) is 0. The van der Waals surface area contributed by atoms with Crippen LogP contribution in [0.1, 0.15) is 13.8 Å². The maximum absolute atomic E-state index is 11.3. The van der Waals surface area contributed by atoms with Gasteiger partial charge in [-0.2, -0.15) is 0 Å². The van der Waals surface area contributed by atoms with Crippen molar-refractivity contribution >= 4 is 40.0 Å². The van der Waals surface area contributed by atoms with Crippen LogP contribution in [0, 0.1) is 0 Å². The van der Waals surface area contributed by atoms with E-state index >= 15 is 0 Å². The van der Waals surface area contributed by atoms with Gasteiger partial charge in [0.25, 0.3) is 0 Å². The number of halogens is 1. The number of guanidine groups is 1. The average molecular weight is 443 g/mol. The second kappa shape index (κ2) is 11.7. The molecule has 1 rings (SSSR count). The molecule has 0 spiro atoms. The monoisotopic (exact) mass is 443 g/mol. The predicted molar refractivity (Wildman–Crippen MR) is 101 cm³/mol. The van der Waals surface area contributed by atoms with Crippen LogP contribution in [0.3, 0.4) is 0 Å². The standard InChI is InChI=1S/C13H25N5O2S.HI/c1-3-14-13(15-7-8-17-21(19,20)4-2)16-9-12-18-10-5-6-11-18;/h5-6,10-11,17H,3-4,7-9,12H2,1-2H3,(H2,14,15,16);1H. The van der Waals surface area contributed by atoms with E-state index in [-0.39, 0.29) is 29.7 Å². The molecule has 1 heterocycles. The van der Waals surface area contributed by atoms with Crippen molar-refractivity contribution in [2.24, 2.45) is 4.99 Å². The zero-order chi connectivity index (χ0) is 15.6. The lowest BCUT2D eigenvalue weighted by atomic mass is 10.6. The van der Waals surface area contributed by atoms with Gasteiger partial charge in [0.05, 0.1) is 12.3 Å². The van der Waals surface area contributed by atoms with Gasteiger partial charge in [-0.25, -0.2) is 13.1 Å². The van der Waals surface area contributed by atoms with Crippen LogP contribution in [0.4, 0.5) is 0 Å². The molecule has 0 amide bonds. The Morgan fingerprint density at radius 3 is 2.41 bits per heavy atom. The summed E-state index contributed by atoms with van der Waals surface area (Å²) in [5.74, 6) is 0.784. The highest BCUT2D eigenvalue weighted by Gasteiger charge is 2.04. The number of hydrogen-bond acceptors (Lipinski definition) is 3. The van der Waals surface area contributed by atoms with E-state index in [1.54, 1.807) is 6.92 Å². The summed E-state index contributed by atoms with van der Waals surface area (Å²) in [4.78, 5) is 4.33. The molecule has 0 aliphatic rings. The third-order valence-corrected chi connectivity index (χ3v) is 4.16. The zero-order valence-corrected chi connectivity index (χ0v) is 16.2. The normalized spacial score (nSPS) is 11.8. The highest BCUT2D eigenvalue weighted by atomic mass is 127. The fraction of sp³-hybridized carbons (Fsp3) is 0.615. The Morgan fingerprint density at radius 2 is 1.82 bits per heavy atom. The predicted octanol–water partition coefficient (Wildman–Crippen LogP) is 0.601. The molecule has 0 unspecified atom stereocenters. The lowest BCUT2D eigenvalue weighted by Crippen LogP contribution is -2.39. The average Bonchev–Trinajstić information content (AvgIpc) is 2.97. The van der Waals surface area contributed by atoms with Gasteiger partial charge in [0.1, 0.15) is 0 Å². The molecule has 7 nitrogen and oxygen atoms in total. The summed E-state index contributed by atoms with van der Waals surface area (Å²) >= 11 is 0. The van der Waals surface area contributed by atoms with Gasteiger partial charge in [0, 0.05) is 38.6 Å². The van der Waals surface area contributed by atoms with Gasteiger partial charge < -0.3 is 15.2 Å². The van der Waals surface area contributed by atoms with Crippen molar-refractivity contribution in [2.45, 2.75) is 20.4 Å². The second-order valence-electron chi connectivity index (χ2n) is 4.41. The van der Waals surface area contributed by atoms with Crippen molar-refractivity contribution < 1.29 is 8.42 Å². The van der Waals surface area contributed by atoms with E-state index in [9.17, 15) is 8.42 Å². The fourth-order valence-electron chi connectivity index (χ4n) is 1.64. The van der Waals surface area contributed by atoms with Crippen LogP contribution in [-0.2, 0) is 16.6 Å².